The van der Waals surface area contributed by atoms with E-state index in [0.717, 1.165) is 23.2 Å². The fraction of sp³-hybridized carbons (Fsp3) is 0.750. The predicted octanol–water partition coefficient (Wildman–Crippen LogP) is 8.83. The summed E-state index contributed by atoms with van der Waals surface area (Å²) in [7, 11) is -3.67. The standard InChI is InChI=1S/C24H45BrO2Si2/c1-18-16-19(25)17-20(27-29(12,13)23(5,6)7)21(18)24(8,9)14-15-26-28(10,11)22(2,3)4/h16-17H,14-15H2,1-13H3. The van der Waals surface area contributed by atoms with Gasteiger partial charge in [0.15, 0.2) is 8.32 Å². The Morgan fingerprint density at radius 3 is 1.76 bits per heavy atom. The smallest absolute Gasteiger partial charge is 0.250 e. The van der Waals surface area contributed by atoms with Crippen LogP contribution in [-0.4, -0.2) is 23.2 Å². The van der Waals surface area contributed by atoms with Gasteiger partial charge in [-0.15, -0.1) is 0 Å². The number of hydrogen-bond donors (Lipinski definition) is 0. The van der Waals surface area contributed by atoms with Gasteiger partial charge in [0.05, 0.1) is 0 Å². The molecule has 0 radical (unpaired) electrons. The van der Waals surface area contributed by atoms with Gasteiger partial charge < -0.3 is 8.85 Å². The third-order valence-corrected chi connectivity index (χ3v) is 16.4. The number of halogens is 1. The molecule has 0 saturated carbocycles. The zero-order chi connectivity index (χ0) is 23.1. The third-order valence-electron chi connectivity index (χ3n) is 7.11. The summed E-state index contributed by atoms with van der Waals surface area (Å²) in [6.07, 6.45) is 0.982. The number of benzene rings is 1. The van der Waals surface area contributed by atoms with E-state index in [9.17, 15) is 0 Å². The van der Waals surface area contributed by atoms with Crippen LogP contribution in [-0.2, 0) is 9.84 Å². The maximum absolute atomic E-state index is 6.82. The van der Waals surface area contributed by atoms with E-state index < -0.39 is 16.6 Å². The predicted molar refractivity (Wildman–Crippen MR) is 137 cm³/mol. The molecule has 2 nitrogen and oxygen atoms in total. The van der Waals surface area contributed by atoms with Crippen LogP contribution < -0.4 is 4.43 Å². The summed E-state index contributed by atoms with van der Waals surface area (Å²) in [5.74, 6) is 1.04. The van der Waals surface area contributed by atoms with Crippen molar-refractivity contribution in [3.8, 4) is 5.75 Å². The van der Waals surface area contributed by atoms with E-state index in [1.807, 2.05) is 0 Å². The molecule has 0 atom stereocenters. The minimum absolute atomic E-state index is 0.0230. The van der Waals surface area contributed by atoms with E-state index in [4.69, 9.17) is 8.85 Å². The summed E-state index contributed by atoms with van der Waals surface area (Å²) in [6, 6.07) is 4.38. The molecule has 1 aromatic rings. The van der Waals surface area contributed by atoms with Crippen molar-refractivity contribution in [2.75, 3.05) is 6.61 Å². The fourth-order valence-corrected chi connectivity index (χ4v) is 5.60. The average Bonchev–Trinajstić information content (AvgIpc) is 2.42. The molecular weight excluding hydrogens is 456 g/mol. The summed E-state index contributed by atoms with van der Waals surface area (Å²) in [5.41, 5.74) is 2.58. The molecule has 1 aromatic carbocycles. The lowest BCUT2D eigenvalue weighted by molar-refractivity contribution is 0.249. The van der Waals surface area contributed by atoms with E-state index in [2.05, 4.69) is 117 Å². The van der Waals surface area contributed by atoms with Crippen LogP contribution in [0.5, 0.6) is 5.75 Å². The van der Waals surface area contributed by atoms with Gasteiger partial charge in [-0.2, -0.15) is 0 Å². The van der Waals surface area contributed by atoms with Gasteiger partial charge in [-0.3, -0.25) is 0 Å². The fourth-order valence-electron chi connectivity index (χ4n) is 2.99. The zero-order valence-corrected chi connectivity index (χ0v) is 24.8. The average molecular weight is 502 g/mol. The monoisotopic (exact) mass is 500 g/mol. The van der Waals surface area contributed by atoms with Gasteiger partial charge in [-0.05, 0) is 72.7 Å². The minimum Gasteiger partial charge on any atom is -0.543 e. The van der Waals surface area contributed by atoms with Crippen molar-refractivity contribution >= 4 is 32.6 Å². The second kappa shape index (κ2) is 8.80. The highest BCUT2D eigenvalue weighted by Gasteiger charge is 2.41. The van der Waals surface area contributed by atoms with Crippen LogP contribution >= 0.6 is 15.9 Å². The normalized spacial score (nSPS) is 14.3. The van der Waals surface area contributed by atoms with Crippen LogP contribution in [0.25, 0.3) is 0 Å². The maximum atomic E-state index is 6.82. The molecule has 0 amide bonds. The Kier molecular flexibility index (Phi) is 8.17. The Labute approximate surface area is 191 Å². The molecule has 0 saturated heterocycles. The van der Waals surface area contributed by atoms with Crippen molar-refractivity contribution in [2.45, 2.75) is 110 Å². The summed E-state index contributed by atoms with van der Waals surface area (Å²) in [5, 5.41) is 0.400. The van der Waals surface area contributed by atoms with Crippen LogP contribution in [0.15, 0.2) is 16.6 Å². The molecule has 168 valence electrons. The quantitative estimate of drug-likeness (QED) is 0.348. The van der Waals surface area contributed by atoms with E-state index in [1.165, 1.54) is 11.1 Å². The van der Waals surface area contributed by atoms with Gasteiger partial charge in [0.1, 0.15) is 5.75 Å². The molecule has 0 heterocycles. The zero-order valence-electron chi connectivity index (χ0n) is 21.3. The van der Waals surface area contributed by atoms with Crippen molar-refractivity contribution in [3.05, 3.63) is 27.7 Å². The molecule has 0 unspecified atom stereocenters. The van der Waals surface area contributed by atoms with Crippen molar-refractivity contribution in [2.24, 2.45) is 0 Å². The van der Waals surface area contributed by atoms with Gasteiger partial charge in [0, 0.05) is 16.6 Å². The first-order valence-electron chi connectivity index (χ1n) is 10.8. The third kappa shape index (κ3) is 6.68. The first-order valence-corrected chi connectivity index (χ1v) is 17.5. The minimum atomic E-state index is -1.93. The van der Waals surface area contributed by atoms with Gasteiger partial charge in [-0.1, -0.05) is 71.3 Å². The molecule has 0 aliphatic carbocycles. The molecule has 5 heteroatoms. The topological polar surface area (TPSA) is 18.5 Å². The summed E-state index contributed by atoms with van der Waals surface area (Å²) < 4.78 is 14.4. The molecule has 0 aromatic heterocycles. The van der Waals surface area contributed by atoms with Crippen LogP contribution in [0.3, 0.4) is 0 Å². The maximum Gasteiger partial charge on any atom is 0.250 e. The second-order valence-corrected chi connectivity index (χ2v) is 22.7. The van der Waals surface area contributed by atoms with Crippen LogP contribution in [0, 0.1) is 6.92 Å². The van der Waals surface area contributed by atoms with Crippen LogP contribution in [0.1, 0.15) is 72.9 Å². The highest BCUT2D eigenvalue weighted by molar-refractivity contribution is 9.10. The van der Waals surface area contributed by atoms with Gasteiger partial charge >= 0.3 is 0 Å². The summed E-state index contributed by atoms with van der Waals surface area (Å²) in [4.78, 5) is 0. The lowest BCUT2D eigenvalue weighted by Gasteiger charge is -2.40. The molecule has 0 aliphatic rings. The molecule has 29 heavy (non-hydrogen) atoms. The van der Waals surface area contributed by atoms with E-state index in [0.29, 0.717) is 0 Å². The molecule has 0 bridgehead atoms. The Balaban J connectivity index is 3.21. The molecule has 1 rings (SSSR count). The van der Waals surface area contributed by atoms with Crippen molar-refractivity contribution in [3.63, 3.8) is 0 Å². The first kappa shape index (κ1) is 26.9. The van der Waals surface area contributed by atoms with Crippen molar-refractivity contribution < 1.29 is 8.85 Å². The second-order valence-electron chi connectivity index (χ2n) is 12.2. The highest BCUT2D eigenvalue weighted by atomic mass is 79.9. The molecule has 0 aliphatic heterocycles. The highest BCUT2D eigenvalue weighted by Crippen LogP contribution is 2.44. The van der Waals surface area contributed by atoms with Gasteiger partial charge in [-0.25, -0.2) is 0 Å². The summed E-state index contributed by atoms with van der Waals surface area (Å²) in [6.45, 7) is 30.7. The van der Waals surface area contributed by atoms with Gasteiger partial charge in [0.2, 0.25) is 8.32 Å². The summed E-state index contributed by atoms with van der Waals surface area (Å²) >= 11 is 3.69. The molecular formula is C24H45BrO2Si2. The Morgan fingerprint density at radius 1 is 0.828 bits per heavy atom. The number of hydrogen-bond acceptors (Lipinski definition) is 2. The first-order chi connectivity index (χ1) is 12.7. The van der Waals surface area contributed by atoms with E-state index in [1.54, 1.807) is 0 Å². The molecule has 0 fully saturated rings. The van der Waals surface area contributed by atoms with Crippen molar-refractivity contribution in [1.82, 2.24) is 0 Å². The Hall–Kier alpha value is -0.106. The molecule has 0 N–H and O–H groups in total. The Morgan fingerprint density at radius 2 is 1.31 bits per heavy atom. The SMILES string of the molecule is Cc1cc(Br)cc(O[Si](C)(C)C(C)(C)C)c1C(C)(C)CCO[Si](C)(C)C(C)(C)C. The number of aryl methyl sites for hydroxylation is 1. The number of rotatable bonds is 7. The van der Waals surface area contributed by atoms with Crippen LogP contribution in [0.4, 0.5) is 0 Å². The lowest BCUT2D eigenvalue weighted by atomic mass is 9.79. The van der Waals surface area contributed by atoms with Crippen LogP contribution in [0.2, 0.25) is 36.3 Å². The van der Waals surface area contributed by atoms with E-state index in [-0.39, 0.29) is 15.5 Å². The largest absolute Gasteiger partial charge is 0.543 e. The molecule has 0 spiro atoms. The van der Waals surface area contributed by atoms with Crippen molar-refractivity contribution in [1.29, 1.82) is 0 Å². The van der Waals surface area contributed by atoms with Gasteiger partial charge in [0.25, 0.3) is 0 Å². The van der Waals surface area contributed by atoms with E-state index >= 15 is 0 Å². The Bertz CT molecular complexity index is 711. The lowest BCUT2D eigenvalue weighted by Crippen LogP contribution is -2.44.